The van der Waals surface area contributed by atoms with Crippen LogP contribution >= 0.6 is 11.6 Å². The molecule has 1 atom stereocenters. The molecule has 1 amide bonds. The first-order valence-corrected chi connectivity index (χ1v) is 7.18. The molecule has 1 aliphatic rings. The van der Waals surface area contributed by atoms with Gasteiger partial charge in [0.25, 0.3) is 5.91 Å². The summed E-state index contributed by atoms with van der Waals surface area (Å²) in [7, 11) is 0. The minimum absolute atomic E-state index is 0.110. The summed E-state index contributed by atoms with van der Waals surface area (Å²) in [6, 6.07) is 4.03. The number of aliphatic carboxylic acids is 1. The number of amides is 1. The zero-order valence-electron chi connectivity index (χ0n) is 12.5. The Morgan fingerprint density at radius 1 is 1.33 bits per heavy atom. The molecule has 1 saturated heterocycles. The second-order valence-corrected chi connectivity index (χ2v) is 5.45. The number of hydrogen-bond acceptors (Lipinski definition) is 3. The van der Waals surface area contributed by atoms with Crippen molar-refractivity contribution in [2.75, 3.05) is 19.6 Å². The predicted molar refractivity (Wildman–Crippen MR) is 78.5 cm³/mol. The van der Waals surface area contributed by atoms with E-state index in [9.17, 15) is 22.4 Å². The van der Waals surface area contributed by atoms with Gasteiger partial charge in [0, 0.05) is 36.3 Å². The van der Waals surface area contributed by atoms with E-state index in [2.05, 4.69) is 5.32 Å². The fourth-order valence-corrected chi connectivity index (χ4v) is 2.21. The number of carbonyl (C=O) groups is 2. The van der Waals surface area contributed by atoms with Crippen molar-refractivity contribution in [3.05, 3.63) is 34.6 Å². The maximum Gasteiger partial charge on any atom is 0.490 e. The highest BCUT2D eigenvalue weighted by molar-refractivity contribution is 6.31. The van der Waals surface area contributed by atoms with Gasteiger partial charge in [-0.25, -0.2) is 9.18 Å². The first kappa shape index (κ1) is 20.2. The van der Waals surface area contributed by atoms with E-state index in [1.807, 2.05) is 6.92 Å². The van der Waals surface area contributed by atoms with E-state index in [4.69, 9.17) is 21.5 Å². The van der Waals surface area contributed by atoms with E-state index in [1.54, 1.807) is 4.90 Å². The largest absolute Gasteiger partial charge is 0.490 e. The SMILES string of the molecule is C[C@H]1CNCCN1C(=O)c1cc(F)cc(Cl)c1.O=C(O)C(F)(F)F. The van der Waals surface area contributed by atoms with Gasteiger partial charge in [0.2, 0.25) is 0 Å². The number of nitrogens with one attached hydrogen (secondary N) is 1. The standard InChI is InChI=1S/C12H14ClFN2O.C2HF3O2/c1-8-7-15-2-3-16(8)12(17)9-4-10(13)6-11(14)5-9;3-2(4,5)1(6)7/h4-6,8,15H,2-3,7H2,1H3;(H,6,7)/t8-;/m0./s1. The smallest absolute Gasteiger partial charge is 0.475 e. The van der Waals surface area contributed by atoms with E-state index >= 15 is 0 Å². The van der Waals surface area contributed by atoms with Gasteiger partial charge in [0.1, 0.15) is 5.82 Å². The fraction of sp³-hybridized carbons (Fsp3) is 0.429. The van der Waals surface area contributed by atoms with Crippen LogP contribution in [0.5, 0.6) is 0 Å². The lowest BCUT2D eigenvalue weighted by atomic mass is 10.1. The van der Waals surface area contributed by atoms with Gasteiger partial charge >= 0.3 is 12.1 Å². The maximum absolute atomic E-state index is 13.2. The normalized spacial score (nSPS) is 17.8. The van der Waals surface area contributed by atoms with Crippen LogP contribution in [-0.4, -0.2) is 53.7 Å². The lowest BCUT2D eigenvalue weighted by molar-refractivity contribution is -0.192. The number of carbonyl (C=O) groups excluding carboxylic acids is 1. The molecule has 10 heteroatoms. The number of alkyl halides is 3. The van der Waals surface area contributed by atoms with E-state index in [0.717, 1.165) is 13.1 Å². The van der Waals surface area contributed by atoms with E-state index in [0.29, 0.717) is 12.1 Å². The number of rotatable bonds is 1. The summed E-state index contributed by atoms with van der Waals surface area (Å²) in [6.07, 6.45) is -5.08. The van der Waals surface area contributed by atoms with E-state index in [-0.39, 0.29) is 17.0 Å². The second-order valence-electron chi connectivity index (χ2n) is 5.01. The minimum atomic E-state index is -5.08. The number of benzene rings is 1. The molecular formula is C14H15ClF4N2O3. The molecule has 5 nitrogen and oxygen atoms in total. The molecule has 24 heavy (non-hydrogen) atoms. The molecule has 1 aliphatic heterocycles. The van der Waals surface area contributed by atoms with Crippen molar-refractivity contribution < 1.29 is 32.3 Å². The lowest BCUT2D eigenvalue weighted by Crippen LogP contribution is -2.52. The highest BCUT2D eigenvalue weighted by Gasteiger charge is 2.38. The van der Waals surface area contributed by atoms with Crippen LogP contribution < -0.4 is 5.32 Å². The van der Waals surface area contributed by atoms with E-state index in [1.165, 1.54) is 18.2 Å². The highest BCUT2D eigenvalue weighted by Crippen LogP contribution is 2.17. The third kappa shape index (κ3) is 5.97. The Hall–Kier alpha value is -1.87. The zero-order chi connectivity index (χ0) is 18.5. The number of halogens is 5. The number of piperazine rings is 1. The van der Waals surface area contributed by atoms with Gasteiger partial charge in [0.15, 0.2) is 0 Å². The van der Waals surface area contributed by atoms with Crippen molar-refractivity contribution in [3.63, 3.8) is 0 Å². The average molecular weight is 371 g/mol. The van der Waals surface area contributed by atoms with Crippen molar-refractivity contribution in [3.8, 4) is 0 Å². The second kappa shape index (κ2) is 8.29. The lowest BCUT2D eigenvalue weighted by Gasteiger charge is -2.34. The molecule has 0 spiro atoms. The van der Waals surface area contributed by atoms with Crippen LogP contribution in [0.25, 0.3) is 0 Å². The summed E-state index contributed by atoms with van der Waals surface area (Å²) in [6.45, 7) is 4.12. The summed E-state index contributed by atoms with van der Waals surface area (Å²) in [5, 5.41) is 10.6. The Bertz CT molecular complexity index is 590. The van der Waals surface area contributed by atoms with Gasteiger partial charge in [-0.05, 0) is 25.1 Å². The van der Waals surface area contributed by atoms with Crippen LogP contribution in [-0.2, 0) is 4.79 Å². The topological polar surface area (TPSA) is 69.6 Å². The summed E-state index contributed by atoms with van der Waals surface area (Å²) >= 11 is 5.75. The Labute approximate surface area is 140 Å². The molecule has 134 valence electrons. The molecule has 1 aromatic carbocycles. The monoisotopic (exact) mass is 370 g/mol. The van der Waals surface area contributed by atoms with Crippen LogP contribution in [0.3, 0.4) is 0 Å². The molecule has 1 aromatic rings. The molecule has 0 radical (unpaired) electrons. The molecule has 0 aliphatic carbocycles. The molecular weight excluding hydrogens is 356 g/mol. The molecule has 1 fully saturated rings. The third-order valence-corrected chi connectivity index (χ3v) is 3.33. The Morgan fingerprint density at radius 3 is 2.38 bits per heavy atom. The first-order chi connectivity index (χ1) is 11.0. The van der Waals surface area contributed by atoms with E-state index < -0.39 is 18.0 Å². The van der Waals surface area contributed by atoms with Crippen molar-refractivity contribution in [1.29, 1.82) is 0 Å². The predicted octanol–water partition coefficient (Wildman–Crippen LogP) is 2.55. The van der Waals surface area contributed by atoms with Crippen LogP contribution in [0.1, 0.15) is 17.3 Å². The number of carboxylic acid groups (broad SMARTS) is 1. The van der Waals surface area contributed by atoms with Gasteiger partial charge in [-0.1, -0.05) is 11.6 Å². The summed E-state index contributed by atoms with van der Waals surface area (Å²) in [5.41, 5.74) is 0.309. The molecule has 0 unspecified atom stereocenters. The fourth-order valence-electron chi connectivity index (χ4n) is 1.99. The minimum Gasteiger partial charge on any atom is -0.475 e. The van der Waals surface area contributed by atoms with Gasteiger partial charge in [0.05, 0.1) is 0 Å². The molecule has 0 bridgehead atoms. The first-order valence-electron chi connectivity index (χ1n) is 6.80. The Balaban J connectivity index is 0.000000351. The molecule has 0 aromatic heterocycles. The summed E-state index contributed by atoms with van der Waals surface area (Å²) in [5.74, 6) is -3.41. The maximum atomic E-state index is 13.2. The third-order valence-electron chi connectivity index (χ3n) is 3.11. The summed E-state index contributed by atoms with van der Waals surface area (Å²) in [4.78, 5) is 22.8. The molecule has 2 rings (SSSR count). The number of nitrogens with zero attached hydrogens (tertiary/aromatic N) is 1. The van der Waals surface area contributed by atoms with Crippen molar-refractivity contribution >= 4 is 23.5 Å². The molecule has 2 N–H and O–H groups in total. The average Bonchev–Trinajstić information content (AvgIpc) is 2.45. The van der Waals surface area contributed by atoms with Gasteiger partial charge in [-0.3, -0.25) is 4.79 Å². The van der Waals surface area contributed by atoms with Crippen LogP contribution in [0, 0.1) is 5.82 Å². The van der Waals surface area contributed by atoms with Crippen LogP contribution in [0.4, 0.5) is 17.6 Å². The summed E-state index contributed by atoms with van der Waals surface area (Å²) < 4.78 is 44.9. The van der Waals surface area contributed by atoms with Crippen molar-refractivity contribution in [1.82, 2.24) is 10.2 Å². The Kier molecular flexibility index (Phi) is 6.97. The quantitative estimate of drug-likeness (QED) is 0.745. The highest BCUT2D eigenvalue weighted by atomic mass is 35.5. The van der Waals surface area contributed by atoms with Crippen molar-refractivity contribution in [2.24, 2.45) is 0 Å². The van der Waals surface area contributed by atoms with Gasteiger partial charge in [-0.2, -0.15) is 13.2 Å². The zero-order valence-corrected chi connectivity index (χ0v) is 13.3. The molecule has 0 saturated carbocycles. The number of carboxylic acids is 1. The van der Waals surface area contributed by atoms with Gasteiger partial charge < -0.3 is 15.3 Å². The van der Waals surface area contributed by atoms with Crippen LogP contribution in [0.15, 0.2) is 18.2 Å². The van der Waals surface area contributed by atoms with Crippen LogP contribution in [0.2, 0.25) is 5.02 Å². The number of hydrogen-bond donors (Lipinski definition) is 2. The van der Waals surface area contributed by atoms with Gasteiger partial charge in [-0.15, -0.1) is 0 Å². The Morgan fingerprint density at radius 2 is 1.92 bits per heavy atom. The van der Waals surface area contributed by atoms with Crippen molar-refractivity contribution in [2.45, 2.75) is 19.1 Å². The molecule has 1 heterocycles.